The fourth-order valence-electron chi connectivity index (χ4n) is 5.87. The molecule has 44 heavy (non-hydrogen) atoms. The molecule has 1 aliphatic carbocycles. The molecule has 1 aromatic heterocycles. The number of hydrogen-bond acceptors (Lipinski definition) is 4. The number of anilines is 2. The van der Waals surface area contributed by atoms with Crippen molar-refractivity contribution in [1.29, 1.82) is 0 Å². The number of nitrogens with one attached hydrogen (secondary N) is 2. The molecule has 230 valence electrons. The van der Waals surface area contributed by atoms with E-state index in [1.165, 1.54) is 6.07 Å². The summed E-state index contributed by atoms with van der Waals surface area (Å²) in [5.41, 5.74) is 0.300. The van der Waals surface area contributed by atoms with Crippen LogP contribution >= 0.6 is 11.6 Å². The van der Waals surface area contributed by atoms with E-state index in [4.69, 9.17) is 16.7 Å². The van der Waals surface area contributed by atoms with Crippen LogP contribution in [0, 0.1) is 6.92 Å². The van der Waals surface area contributed by atoms with E-state index in [9.17, 15) is 27.6 Å². The highest BCUT2D eigenvalue weighted by Gasteiger charge is 2.48. The predicted molar refractivity (Wildman–Crippen MR) is 162 cm³/mol. The third-order valence-electron chi connectivity index (χ3n) is 7.98. The Hall–Kier alpha value is -4.38. The summed E-state index contributed by atoms with van der Waals surface area (Å²) >= 11 is 5.79. The monoisotopic (exact) mass is 625 g/mol. The first kappa shape index (κ1) is 31.1. The third-order valence-corrected chi connectivity index (χ3v) is 8.22. The molecule has 1 unspecified atom stereocenters. The summed E-state index contributed by atoms with van der Waals surface area (Å²) in [6.07, 6.45) is 3.83. The number of alkyl halides is 4. The zero-order chi connectivity index (χ0) is 31.8. The average molecular weight is 626 g/mol. The van der Waals surface area contributed by atoms with Crippen molar-refractivity contribution in [1.82, 2.24) is 15.1 Å². The molecule has 0 radical (unpaired) electrons. The molecule has 3 atom stereocenters. The maximum absolute atomic E-state index is 14.4. The average Bonchev–Trinajstić information content (AvgIpc) is 3.35. The summed E-state index contributed by atoms with van der Waals surface area (Å²) < 4.78 is 42.2. The van der Waals surface area contributed by atoms with Crippen molar-refractivity contribution < 1.29 is 27.6 Å². The topological polar surface area (TPSA) is 96.3 Å². The predicted octanol–water partition coefficient (Wildman–Crippen LogP) is 5.92. The van der Waals surface area contributed by atoms with Crippen molar-refractivity contribution in [2.24, 2.45) is 0 Å². The van der Waals surface area contributed by atoms with Crippen LogP contribution in [0.3, 0.4) is 0 Å². The highest BCUT2D eigenvalue weighted by molar-refractivity contribution is 6.29. The van der Waals surface area contributed by atoms with Crippen molar-refractivity contribution in [2.75, 3.05) is 22.6 Å². The number of aryl methyl sites for hydroxylation is 1. The molecule has 5 rings (SSSR count). The molecule has 3 aromatic rings. The van der Waals surface area contributed by atoms with Gasteiger partial charge in [-0.05, 0) is 57.0 Å². The fraction of sp³-hybridized carbons (Fsp3) is 0.312. The number of halogens is 4. The van der Waals surface area contributed by atoms with E-state index in [-0.39, 0.29) is 18.0 Å². The van der Waals surface area contributed by atoms with Crippen LogP contribution in [-0.4, -0.2) is 46.0 Å². The lowest BCUT2D eigenvalue weighted by atomic mass is 9.80. The Morgan fingerprint density at radius 3 is 2.55 bits per heavy atom. The van der Waals surface area contributed by atoms with Gasteiger partial charge in [-0.15, -0.1) is 11.6 Å². The maximum Gasteiger partial charge on any atom is 0.416 e. The summed E-state index contributed by atoms with van der Waals surface area (Å²) in [6, 6.07) is 9.64. The molecule has 2 aromatic carbocycles. The first-order valence-electron chi connectivity index (χ1n) is 14.1. The van der Waals surface area contributed by atoms with Crippen molar-refractivity contribution in [3.63, 3.8) is 0 Å². The molecular weight excluding hydrogens is 595 g/mol. The molecule has 1 aliphatic heterocycles. The van der Waals surface area contributed by atoms with E-state index >= 15 is 0 Å². The lowest BCUT2D eigenvalue weighted by Crippen LogP contribution is -2.56. The molecule has 0 saturated heterocycles. The van der Waals surface area contributed by atoms with E-state index in [2.05, 4.69) is 10.6 Å². The summed E-state index contributed by atoms with van der Waals surface area (Å²) in [5.74, 6) is -2.41. The Labute approximate surface area is 257 Å². The Kier molecular flexibility index (Phi) is 8.44. The molecule has 0 fully saturated rings. The SMILES string of the molecule is CCN1C(=O)[C@H](NC(=O)c2cccc(C(F)(F)F)c2)[C@@H](c2ccccc2NC(=O)CCl)c2c(C)nn(C3(C)C=CC=CC3)c21. The highest BCUT2D eigenvalue weighted by atomic mass is 35.5. The molecule has 0 spiro atoms. The zero-order valence-electron chi connectivity index (χ0n) is 24.3. The minimum Gasteiger partial charge on any atom is -0.339 e. The molecule has 0 bridgehead atoms. The minimum atomic E-state index is -4.66. The van der Waals surface area contributed by atoms with Crippen LogP contribution in [0.2, 0.25) is 0 Å². The molecule has 2 aliphatic rings. The van der Waals surface area contributed by atoms with E-state index < -0.39 is 47.0 Å². The quantitative estimate of drug-likeness (QED) is 0.319. The van der Waals surface area contributed by atoms with E-state index in [0.717, 1.165) is 18.2 Å². The van der Waals surface area contributed by atoms with Crippen LogP contribution in [0.15, 0.2) is 72.8 Å². The van der Waals surface area contributed by atoms with E-state index in [0.29, 0.717) is 34.7 Å². The Morgan fingerprint density at radius 1 is 1.14 bits per heavy atom. The molecule has 8 nitrogen and oxygen atoms in total. The number of aromatic nitrogens is 2. The summed E-state index contributed by atoms with van der Waals surface area (Å²) in [6.45, 7) is 5.85. The molecule has 12 heteroatoms. The molecule has 2 N–H and O–H groups in total. The first-order valence-corrected chi connectivity index (χ1v) is 14.6. The van der Waals surface area contributed by atoms with Gasteiger partial charge < -0.3 is 10.6 Å². The smallest absolute Gasteiger partial charge is 0.339 e. The van der Waals surface area contributed by atoms with Crippen LogP contribution in [-0.2, 0) is 21.3 Å². The number of fused-ring (bicyclic) bond motifs is 1. The molecule has 0 saturated carbocycles. The first-order chi connectivity index (χ1) is 20.9. The number of carbonyl (C=O) groups is 3. The second-order valence-corrected chi connectivity index (χ2v) is 11.2. The van der Waals surface area contributed by atoms with Gasteiger partial charge in [0, 0.05) is 29.3 Å². The second kappa shape index (κ2) is 12.0. The fourth-order valence-corrected chi connectivity index (χ4v) is 5.94. The van der Waals surface area contributed by atoms with E-state index in [1.807, 2.05) is 42.8 Å². The van der Waals surface area contributed by atoms with Gasteiger partial charge in [0.1, 0.15) is 17.7 Å². The van der Waals surface area contributed by atoms with Gasteiger partial charge in [-0.25, -0.2) is 4.68 Å². The lowest BCUT2D eigenvalue weighted by molar-refractivity contribution is -0.137. The zero-order valence-corrected chi connectivity index (χ0v) is 25.0. The normalized spacial score (nSPS) is 21.2. The standard InChI is InChI=1S/C32H31ClF3N5O3/c1-4-40-29-25(19(2)39-41(29)31(3)15-8-5-9-16-31)26(22-13-6-7-14-23(22)37-24(42)18-33)27(30(40)44)38-28(43)20-11-10-12-21(17-20)32(34,35)36/h5-15,17,26-27H,4,16,18H2,1-3H3,(H,37,42)(H,38,43)/t26-,27+,31?/m0/s1. The summed E-state index contributed by atoms with van der Waals surface area (Å²) in [7, 11) is 0. The van der Waals surface area contributed by atoms with Gasteiger partial charge >= 0.3 is 6.18 Å². The number of amides is 3. The van der Waals surface area contributed by atoms with Gasteiger partial charge in [0.15, 0.2) is 0 Å². The maximum atomic E-state index is 14.4. The molecule has 3 amide bonds. The number of allylic oxidation sites excluding steroid dienone is 4. The van der Waals surface area contributed by atoms with Gasteiger partial charge in [0.25, 0.3) is 11.8 Å². The molecule has 2 heterocycles. The minimum absolute atomic E-state index is 0.236. The van der Waals surface area contributed by atoms with Gasteiger partial charge in [-0.1, -0.05) is 48.6 Å². The number of para-hydroxylation sites is 1. The van der Waals surface area contributed by atoms with Crippen molar-refractivity contribution in [3.8, 4) is 0 Å². The third kappa shape index (κ3) is 5.63. The number of hydrogen-bond donors (Lipinski definition) is 2. The lowest BCUT2D eigenvalue weighted by Gasteiger charge is -2.41. The second-order valence-electron chi connectivity index (χ2n) is 10.9. The Balaban J connectivity index is 1.70. The van der Waals surface area contributed by atoms with Gasteiger partial charge in [0.2, 0.25) is 5.91 Å². The highest BCUT2D eigenvalue weighted by Crippen LogP contribution is 2.46. The number of likely N-dealkylation sites (N-methyl/N-ethyl adjacent to an activating group) is 1. The van der Waals surface area contributed by atoms with Crippen LogP contribution in [0.4, 0.5) is 24.7 Å². The van der Waals surface area contributed by atoms with Gasteiger partial charge in [0.05, 0.1) is 16.8 Å². The van der Waals surface area contributed by atoms with Crippen LogP contribution in [0.1, 0.15) is 58.9 Å². The van der Waals surface area contributed by atoms with Gasteiger partial charge in [-0.2, -0.15) is 18.3 Å². The van der Waals surface area contributed by atoms with Crippen molar-refractivity contribution in [3.05, 3.63) is 101 Å². The van der Waals surface area contributed by atoms with Gasteiger partial charge in [-0.3, -0.25) is 19.3 Å². The number of nitrogens with zero attached hydrogens (tertiary/aromatic N) is 3. The number of rotatable bonds is 7. The number of carbonyl (C=O) groups excluding carboxylic acids is 3. The summed E-state index contributed by atoms with van der Waals surface area (Å²) in [4.78, 5) is 41.9. The Morgan fingerprint density at radius 2 is 1.89 bits per heavy atom. The number of benzene rings is 2. The summed E-state index contributed by atoms with van der Waals surface area (Å²) in [5, 5.41) is 10.4. The van der Waals surface area contributed by atoms with Crippen molar-refractivity contribution >= 4 is 40.8 Å². The Bertz CT molecular complexity index is 1680. The van der Waals surface area contributed by atoms with Crippen LogP contribution in [0.25, 0.3) is 0 Å². The van der Waals surface area contributed by atoms with Crippen LogP contribution < -0.4 is 15.5 Å². The largest absolute Gasteiger partial charge is 0.416 e. The van der Waals surface area contributed by atoms with E-state index in [1.54, 1.807) is 36.1 Å². The molecular formula is C32H31ClF3N5O3. The van der Waals surface area contributed by atoms with Crippen LogP contribution in [0.5, 0.6) is 0 Å². The van der Waals surface area contributed by atoms with Crippen molar-refractivity contribution in [2.45, 2.75) is 50.9 Å².